The fraction of sp³-hybridized carbons (Fsp3) is 1.00. The summed E-state index contributed by atoms with van der Waals surface area (Å²) in [5.41, 5.74) is 0. The smallest absolute Gasteiger partial charge is 0.0945 e. The first-order valence-electron chi connectivity index (χ1n) is 22.6. The van der Waals surface area contributed by atoms with Crippen LogP contribution in [0.2, 0.25) is 0 Å². The number of hydrogen-bond donors (Lipinski definition) is 0. The molecule has 0 saturated carbocycles. The lowest BCUT2D eigenvalue weighted by Crippen LogP contribution is -2.13. The van der Waals surface area contributed by atoms with Gasteiger partial charge < -0.3 is 4.55 Å². The largest absolute Gasteiger partial charge is 0.748 e. The van der Waals surface area contributed by atoms with Crippen LogP contribution in [-0.4, -0.2) is 43.4 Å². The van der Waals surface area contributed by atoms with Crippen molar-refractivity contribution in [1.29, 1.82) is 0 Å². The van der Waals surface area contributed by atoms with E-state index in [0.29, 0.717) is 6.42 Å². The molecule has 0 aliphatic rings. The monoisotopic (exact) mass is 733 g/mol. The molecule has 0 aliphatic carbocycles. The molecule has 0 amide bonds. The Balaban J connectivity index is 0. The standard InChI is InChI=1S/C32H68P.C12H26O3S/c1-5-9-13-17-18-19-20-21-22-23-24-28-32-33(29-25-14-10-6-2,30-26-15-11-7-3)31-27-16-12-8-4;1-2-3-4-5-6-7-8-9-10-11-12-16(13,14)15/h5-32H2,1-4H3;2-12H2,1H3,(H,13,14,15)/q+1;/p-1. The van der Waals surface area contributed by atoms with E-state index in [0.717, 1.165) is 12.8 Å². The van der Waals surface area contributed by atoms with Crippen molar-refractivity contribution < 1.29 is 13.0 Å². The molecule has 0 spiro atoms. The quantitative estimate of drug-likeness (QED) is 0.0359. The molecule has 49 heavy (non-hydrogen) atoms. The van der Waals surface area contributed by atoms with E-state index >= 15 is 0 Å². The molecule has 0 bridgehead atoms. The summed E-state index contributed by atoms with van der Waals surface area (Å²) in [5, 5.41) is 0. The third-order valence-corrected chi connectivity index (χ3v) is 16.5. The van der Waals surface area contributed by atoms with Crippen molar-refractivity contribution in [3.63, 3.8) is 0 Å². The van der Waals surface area contributed by atoms with Gasteiger partial charge in [-0.25, -0.2) is 8.42 Å². The van der Waals surface area contributed by atoms with E-state index in [1.165, 1.54) is 173 Å². The predicted molar refractivity (Wildman–Crippen MR) is 226 cm³/mol. The van der Waals surface area contributed by atoms with Gasteiger partial charge in [0.05, 0.1) is 34.8 Å². The third-order valence-electron chi connectivity index (χ3n) is 10.7. The van der Waals surface area contributed by atoms with Crippen LogP contribution in [0.3, 0.4) is 0 Å². The van der Waals surface area contributed by atoms with Crippen LogP contribution in [0.15, 0.2) is 0 Å². The molecular weight excluding hydrogens is 640 g/mol. The Morgan fingerprint density at radius 3 is 0.714 bits per heavy atom. The highest BCUT2D eigenvalue weighted by atomic mass is 32.2. The Bertz CT molecular complexity index is 680. The molecular formula is C44H93O3PS. The summed E-state index contributed by atoms with van der Waals surface area (Å²) in [6.07, 6.45) is 53.5. The normalized spacial score (nSPS) is 12.0. The summed E-state index contributed by atoms with van der Waals surface area (Å²) < 4.78 is 30.9. The summed E-state index contributed by atoms with van der Waals surface area (Å²) in [6.45, 7) is 11.6. The van der Waals surface area contributed by atoms with Crippen LogP contribution in [0, 0.1) is 0 Å². The zero-order valence-electron chi connectivity index (χ0n) is 34.7. The Morgan fingerprint density at radius 1 is 0.306 bits per heavy atom. The van der Waals surface area contributed by atoms with E-state index in [2.05, 4.69) is 34.6 Å². The van der Waals surface area contributed by atoms with Crippen molar-refractivity contribution in [1.82, 2.24) is 0 Å². The summed E-state index contributed by atoms with van der Waals surface area (Å²) in [6, 6.07) is 0. The maximum Gasteiger partial charge on any atom is 0.0945 e. The number of unbranched alkanes of at least 4 members (excludes halogenated alkanes) is 29. The summed E-state index contributed by atoms with van der Waals surface area (Å²) >= 11 is 0. The maximum absolute atomic E-state index is 10.3. The summed E-state index contributed by atoms with van der Waals surface area (Å²) in [7, 11) is -4.68. The van der Waals surface area contributed by atoms with Crippen molar-refractivity contribution in [2.75, 3.05) is 30.4 Å². The molecule has 3 nitrogen and oxygen atoms in total. The molecule has 298 valence electrons. The number of rotatable bonds is 39. The van der Waals surface area contributed by atoms with Gasteiger partial charge in [-0.3, -0.25) is 0 Å². The summed E-state index contributed by atoms with van der Waals surface area (Å²) in [4.78, 5) is 0. The molecule has 0 aromatic rings. The molecule has 0 aromatic heterocycles. The molecule has 5 heteroatoms. The summed E-state index contributed by atoms with van der Waals surface area (Å²) in [5.74, 6) is -0.191. The molecule has 0 aromatic carbocycles. The molecule has 0 rings (SSSR count). The molecule has 0 atom stereocenters. The lowest BCUT2D eigenvalue weighted by atomic mass is 10.1. The van der Waals surface area contributed by atoms with Crippen molar-refractivity contribution in [2.45, 2.75) is 253 Å². The van der Waals surface area contributed by atoms with Crippen molar-refractivity contribution in [2.24, 2.45) is 0 Å². The van der Waals surface area contributed by atoms with Gasteiger partial charge in [0.2, 0.25) is 0 Å². The van der Waals surface area contributed by atoms with Crippen LogP contribution in [0.1, 0.15) is 253 Å². The van der Waals surface area contributed by atoms with Crippen molar-refractivity contribution >= 4 is 17.4 Å². The number of hydrogen-bond acceptors (Lipinski definition) is 3. The van der Waals surface area contributed by atoms with Crippen LogP contribution in [0.4, 0.5) is 0 Å². The van der Waals surface area contributed by atoms with Gasteiger partial charge in [-0.1, -0.05) is 195 Å². The van der Waals surface area contributed by atoms with Crippen molar-refractivity contribution in [3.05, 3.63) is 0 Å². The van der Waals surface area contributed by atoms with Crippen molar-refractivity contribution in [3.8, 4) is 0 Å². The lowest BCUT2D eigenvalue weighted by molar-refractivity contribution is 0.459. The highest BCUT2D eigenvalue weighted by Crippen LogP contribution is 2.61. The molecule has 0 unspecified atom stereocenters. The Kier molecular flexibility index (Phi) is 43.2. The van der Waals surface area contributed by atoms with Crippen LogP contribution >= 0.6 is 7.26 Å². The van der Waals surface area contributed by atoms with Gasteiger partial charge in [-0.15, -0.1) is 0 Å². The van der Waals surface area contributed by atoms with Gasteiger partial charge in [-0.05, 0) is 57.8 Å². The highest BCUT2D eigenvalue weighted by molar-refractivity contribution is 7.85. The minimum absolute atomic E-state index is 0.191. The molecule has 0 radical (unpaired) electrons. The molecule has 0 heterocycles. The van der Waals surface area contributed by atoms with Crippen LogP contribution in [-0.2, 0) is 10.1 Å². The molecule has 0 aliphatic heterocycles. The van der Waals surface area contributed by atoms with E-state index in [4.69, 9.17) is 0 Å². The Morgan fingerprint density at radius 2 is 0.490 bits per heavy atom. The first kappa shape index (κ1) is 51.4. The minimum atomic E-state index is -3.98. The van der Waals surface area contributed by atoms with E-state index in [1.807, 2.05) is 0 Å². The topological polar surface area (TPSA) is 57.2 Å². The van der Waals surface area contributed by atoms with E-state index in [9.17, 15) is 13.0 Å². The van der Waals surface area contributed by atoms with Gasteiger partial charge in [-0.2, -0.15) is 0 Å². The highest BCUT2D eigenvalue weighted by Gasteiger charge is 2.34. The first-order valence-corrected chi connectivity index (χ1v) is 26.7. The molecule has 0 fully saturated rings. The zero-order valence-corrected chi connectivity index (χ0v) is 36.4. The van der Waals surface area contributed by atoms with Gasteiger partial charge in [0.1, 0.15) is 0 Å². The maximum atomic E-state index is 10.3. The van der Waals surface area contributed by atoms with Gasteiger partial charge in [0.15, 0.2) is 0 Å². The van der Waals surface area contributed by atoms with E-state index < -0.39 is 17.4 Å². The predicted octanol–water partition coefficient (Wildman–Crippen LogP) is 15.9. The van der Waals surface area contributed by atoms with Gasteiger partial charge in [0, 0.05) is 13.0 Å². The fourth-order valence-electron chi connectivity index (χ4n) is 7.35. The SMILES string of the molecule is CCCCCCCCCCCCCC[P+](CCCCCC)(CCCCCC)CCCCCC.CCCCCCCCCCCCS(=O)(=O)[O-]. The van der Waals surface area contributed by atoms with Crippen LogP contribution < -0.4 is 0 Å². The van der Waals surface area contributed by atoms with Gasteiger partial charge >= 0.3 is 0 Å². The first-order chi connectivity index (χ1) is 23.8. The minimum Gasteiger partial charge on any atom is -0.748 e. The lowest BCUT2D eigenvalue weighted by Gasteiger charge is -2.28. The Hall–Kier alpha value is 0.340. The fourth-order valence-corrected chi connectivity index (χ4v) is 12.8. The van der Waals surface area contributed by atoms with Crippen LogP contribution in [0.5, 0.6) is 0 Å². The molecule has 0 N–H and O–H groups in total. The second-order valence-electron chi connectivity index (χ2n) is 15.8. The molecule has 0 saturated heterocycles. The average Bonchev–Trinajstić information content (AvgIpc) is 3.08. The third kappa shape index (κ3) is 42.6. The van der Waals surface area contributed by atoms with Crippen LogP contribution in [0.25, 0.3) is 0 Å². The second kappa shape index (κ2) is 41.1. The van der Waals surface area contributed by atoms with Gasteiger partial charge in [0.25, 0.3) is 0 Å². The van der Waals surface area contributed by atoms with E-state index in [1.54, 1.807) is 50.3 Å². The Labute approximate surface area is 312 Å². The second-order valence-corrected chi connectivity index (χ2v) is 21.7. The zero-order chi connectivity index (χ0) is 36.6. The van der Waals surface area contributed by atoms with E-state index in [-0.39, 0.29) is 5.75 Å². The average molecular weight is 733 g/mol.